The van der Waals surface area contributed by atoms with Gasteiger partial charge in [0.05, 0.1) is 12.4 Å². The molecule has 37 heavy (non-hydrogen) atoms. The minimum Gasteiger partial charge on any atom is -0.480 e. The number of nitrogens with zero attached hydrogens (tertiary/aromatic N) is 2. The molecule has 10 N–H and O–H groups in total. The minimum absolute atomic E-state index is 0.101. The van der Waals surface area contributed by atoms with Gasteiger partial charge in [0.25, 0.3) is 0 Å². The SMILES string of the molecule is CCC(C)C(NC(=O)C(CCCN=C(N)N)NC(=O)C(Cc1cnc[nH]1)NC(=O)C1CCCN1)C(=O)O. The second-order valence-corrected chi connectivity index (χ2v) is 9.21. The lowest BCUT2D eigenvalue weighted by molar-refractivity contribution is -0.144. The van der Waals surface area contributed by atoms with Gasteiger partial charge in [-0.2, -0.15) is 0 Å². The van der Waals surface area contributed by atoms with E-state index in [1.807, 2.05) is 6.92 Å². The number of carbonyl (C=O) groups excluding carboxylic acids is 3. The Labute approximate surface area is 215 Å². The molecule has 1 saturated heterocycles. The molecule has 14 heteroatoms. The monoisotopic (exact) mass is 521 g/mol. The van der Waals surface area contributed by atoms with E-state index >= 15 is 0 Å². The second-order valence-electron chi connectivity index (χ2n) is 9.21. The number of rotatable bonds is 15. The molecule has 0 radical (unpaired) electrons. The lowest BCUT2D eigenvalue weighted by atomic mass is 9.98. The van der Waals surface area contributed by atoms with Gasteiger partial charge in [0.1, 0.15) is 18.1 Å². The molecule has 1 aromatic rings. The van der Waals surface area contributed by atoms with Crippen molar-refractivity contribution in [3.05, 3.63) is 18.2 Å². The maximum absolute atomic E-state index is 13.3. The molecule has 1 aliphatic rings. The van der Waals surface area contributed by atoms with Crippen LogP contribution in [0.5, 0.6) is 0 Å². The van der Waals surface area contributed by atoms with Crippen LogP contribution < -0.4 is 32.7 Å². The van der Waals surface area contributed by atoms with Crippen molar-refractivity contribution in [2.75, 3.05) is 13.1 Å². The molecule has 1 aliphatic heterocycles. The zero-order chi connectivity index (χ0) is 27.4. The summed E-state index contributed by atoms with van der Waals surface area (Å²) < 4.78 is 0. The zero-order valence-corrected chi connectivity index (χ0v) is 21.3. The van der Waals surface area contributed by atoms with Crippen LogP contribution in [-0.4, -0.2) is 82.0 Å². The Bertz CT molecular complexity index is 927. The van der Waals surface area contributed by atoms with Crippen LogP contribution in [0.3, 0.4) is 0 Å². The zero-order valence-electron chi connectivity index (χ0n) is 21.3. The fraction of sp³-hybridized carbons (Fsp3) is 0.652. The van der Waals surface area contributed by atoms with Crippen LogP contribution in [0.15, 0.2) is 17.5 Å². The number of imidazole rings is 1. The van der Waals surface area contributed by atoms with Gasteiger partial charge in [0, 0.05) is 24.9 Å². The highest BCUT2D eigenvalue weighted by atomic mass is 16.4. The van der Waals surface area contributed by atoms with E-state index in [2.05, 4.69) is 36.2 Å². The van der Waals surface area contributed by atoms with Gasteiger partial charge < -0.3 is 42.8 Å². The van der Waals surface area contributed by atoms with E-state index in [0.29, 0.717) is 31.5 Å². The predicted molar refractivity (Wildman–Crippen MR) is 136 cm³/mol. The molecule has 0 aromatic carbocycles. The molecule has 206 valence electrons. The van der Waals surface area contributed by atoms with Crippen molar-refractivity contribution in [2.45, 2.75) is 76.5 Å². The van der Waals surface area contributed by atoms with Crippen LogP contribution >= 0.6 is 0 Å². The van der Waals surface area contributed by atoms with E-state index in [1.54, 1.807) is 13.1 Å². The Morgan fingerprint density at radius 3 is 2.49 bits per heavy atom. The Balaban J connectivity index is 2.18. The number of nitrogens with one attached hydrogen (secondary N) is 5. The van der Waals surface area contributed by atoms with E-state index in [0.717, 1.165) is 6.42 Å². The average molecular weight is 522 g/mol. The molecule has 0 spiro atoms. The number of hydrogen-bond donors (Lipinski definition) is 8. The molecule has 2 rings (SSSR count). The Morgan fingerprint density at radius 1 is 1.19 bits per heavy atom. The topological polar surface area (TPSA) is 230 Å². The van der Waals surface area contributed by atoms with Crippen LogP contribution in [0.25, 0.3) is 0 Å². The number of aliphatic carboxylic acids is 1. The van der Waals surface area contributed by atoms with Gasteiger partial charge in [-0.05, 0) is 38.1 Å². The number of aromatic amines is 1. The highest BCUT2D eigenvalue weighted by Crippen LogP contribution is 2.11. The van der Waals surface area contributed by atoms with Crippen molar-refractivity contribution in [1.29, 1.82) is 0 Å². The lowest BCUT2D eigenvalue weighted by Crippen LogP contribution is -2.58. The quantitative estimate of drug-likeness (QED) is 0.0749. The van der Waals surface area contributed by atoms with Crippen LogP contribution in [0.2, 0.25) is 0 Å². The van der Waals surface area contributed by atoms with E-state index in [9.17, 15) is 24.3 Å². The average Bonchev–Trinajstić information content (AvgIpc) is 3.57. The van der Waals surface area contributed by atoms with Crippen molar-refractivity contribution in [1.82, 2.24) is 31.2 Å². The third kappa shape index (κ3) is 9.71. The number of aliphatic imine (C=N–C) groups is 1. The number of H-pyrrole nitrogens is 1. The summed E-state index contributed by atoms with van der Waals surface area (Å²) in [6, 6.07) is -3.59. The fourth-order valence-corrected chi connectivity index (χ4v) is 3.99. The van der Waals surface area contributed by atoms with E-state index in [4.69, 9.17) is 11.5 Å². The molecule has 0 saturated carbocycles. The molecule has 5 atom stereocenters. The predicted octanol–water partition coefficient (Wildman–Crippen LogP) is -1.66. The molecule has 0 bridgehead atoms. The first kappa shape index (κ1) is 29.5. The summed E-state index contributed by atoms with van der Waals surface area (Å²) in [4.78, 5) is 61.7. The number of nitrogens with two attached hydrogens (primary N) is 2. The van der Waals surface area contributed by atoms with Crippen molar-refractivity contribution < 1.29 is 24.3 Å². The fourth-order valence-electron chi connectivity index (χ4n) is 3.99. The standard InChI is InChI=1S/C23H39N9O5/c1-3-13(2)18(22(36)37)32-20(34)16(7-5-9-28-23(24)25)30-21(35)17(10-14-11-26-12-29-14)31-19(33)15-6-4-8-27-15/h11-13,15-18,27H,3-10H2,1-2H3,(H,26,29)(H,30,35)(H,31,33)(H,32,34)(H,36,37)(H4,24,25,28). The van der Waals surface area contributed by atoms with Gasteiger partial charge in [0.2, 0.25) is 17.7 Å². The molecule has 1 fully saturated rings. The number of carboxylic acids is 1. The van der Waals surface area contributed by atoms with Gasteiger partial charge in [-0.25, -0.2) is 9.78 Å². The third-order valence-electron chi connectivity index (χ3n) is 6.34. The van der Waals surface area contributed by atoms with Gasteiger partial charge in [-0.3, -0.25) is 19.4 Å². The number of guanidine groups is 1. The van der Waals surface area contributed by atoms with Gasteiger partial charge >= 0.3 is 5.97 Å². The largest absolute Gasteiger partial charge is 0.480 e. The molecule has 14 nitrogen and oxygen atoms in total. The van der Waals surface area contributed by atoms with Gasteiger partial charge in [-0.1, -0.05) is 20.3 Å². The summed E-state index contributed by atoms with van der Waals surface area (Å²) in [7, 11) is 0. The van der Waals surface area contributed by atoms with Crippen LogP contribution in [0.4, 0.5) is 0 Å². The minimum atomic E-state index is -1.17. The number of aromatic nitrogens is 2. The number of hydrogen-bond acceptors (Lipinski definition) is 7. The Hall–Kier alpha value is -3.68. The van der Waals surface area contributed by atoms with Crippen molar-refractivity contribution in [2.24, 2.45) is 22.4 Å². The van der Waals surface area contributed by atoms with Gasteiger partial charge in [-0.15, -0.1) is 0 Å². The summed E-state index contributed by atoms with van der Waals surface area (Å²) in [5, 5.41) is 20.7. The van der Waals surface area contributed by atoms with Gasteiger partial charge in [0.15, 0.2) is 5.96 Å². The lowest BCUT2D eigenvalue weighted by Gasteiger charge is -2.26. The first-order chi connectivity index (χ1) is 17.6. The summed E-state index contributed by atoms with van der Waals surface area (Å²) in [5.74, 6) is -3.13. The van der Waals surface area contributed by atoms with Crippen LogP contribution in [0.1, 0.15) is 51.6 Å². The van der Waals surface area contributed by atoms with E-state index < -0.39 is 42.0 Å². The highest BCUT2D eigenvalue weighted by molar-refractivity contribution is 5.94. The molecular formula is C23H39N9O5. The third-order valence-corrected chi connectivity index (χ3v) is 6.34. The summed E-state index contributed by atoms with van der Waals surface area (Å²) in [5.41, 5.74) is 11.3. The Morgan fingerprint density at radius 2 is 1.92 bits per heavy atom. The van der Waals surface area contributed by atoms with Crippen molar-refractivity contribution in [3.63, 3.8) is 0 Å². The molecule has 0 aliphatic carbocycles. The smallest absolute Gasteiger partial charge is 0.326 e. The number of amides is 3. The summed E-state index contributed by atoms with van der Waals surface area (Å²) >= 11 is 0. The molecular weight excluding hydrogens is 482 g/mol. The maximum atomic E-state index is 13.3. The molecule has 1 aromatic heterocycles. The van der Waals surface area contributed by atoms with E-state index in [1.165, 1.54) is 6.33 Å². The second kappa shape index (κ2) is 14.8. The van der Waals surface area contributed by atoms with Crippen LogP contribution in [0, 0.1) is 5.92 Å². The Kier molecular flexibility index (Phi) is 11.8. The maximum Gasteiger partial charge on any atom is 0.326 e. The molecule has 3 amide bonds. The highest BCUT2D eigenvalue weighted by Gasteiger charge is 2.32. The number of carboxylic acid groups (broad SMARTS) is 1. The molecule has 5 unspecified atom stereocenters. The van der Waals surface area contributed by atoms with E-state index in [-0.39, 0.29) is 37.2 Å². The number of carbonyl (C=O) groups is 4. The van der Waals surface area contributed by atoms with Crippen LogP contribution in [-0.2, 0) is 25.6 Å². The first-order valence-corrected chi connectivity index (χ1v) is 12.5. The van der Waals surface area contributed by atoms with Crippen molar-refractivity contribution in [3.8, 4) is 0 Å². The molecule has 2 heterocycles. The normalized spacial score (nSPS) is 18.2. The first-order valence-electron chi connectivity index (χ1n) is 12.5. The summed E-state index contributed by atoms with van der Waals surface area (Å²) in [6.45, 7) is 4.48. The van der Waals surface area contributed by atoms with Crippen molar-refractivity contribution >= 4 is 29.7 Å². The summed E-state index contributed by atoms with van der Waals surface area (Å²) in [6.07, 6.45) is 5.68.